The number of amides is 2. The van der Waals surface area contributed by atoms with Crippen molar-refractivity contribution in [3.8, 4) is 0 Å². The predicted molar refractivity (Wildman–Crippen MR) is 128 cm³/mol. The van der Waals surface area contributed by atoms with Crippen molar-refractivity contribution < 1.29 is 14.0 Å². The fourth-order valence-corrected chi connectivity index (χ4v) is 5.20. The van der Waals surface area contributed by atoms with Crippen molar-refractivity contribution in [2.24, 2.45) is 11.8 Å². The van der Waals surface area contributed by atoms with Crippen molar-refractivity contribution in [3.05, 3.63) is 59.9 Å². The summed E-state index contributed by atoms with van der Waals surface area (Å²) in [6.07, 6.45) is 3.13. The first-order valence-electron chi connectivity index (χ1n) is 11.7. The smallest absolute Gasteiger partial charge is 0.228 e. The molecule has 2 aliphatic rings. The van der Waals surface area contributed by atoms with E-state index in [-0.39, 0.29) is 23.5 Å². The predicted octanol–water partition coefficient (Wildman–Crippen LogP) is 3.96. The average molecular weight is 453 g/mol. The summed E-state index contributed by atoms with van der Waals surface area (Å²) in [5.74, 6) is 0.220. The highest BCUT2D eigenvalue weighted by molar-refractivity contribution is 5.93. The highest BCUT2D eigenvalue weighted by atomic mass is 19.1. The Hall–Kier alpha value is -2.77. The molecule has 4 rings (SSSR count). The first-order chi connectivity index (χ1) is 15.9. The Balaban J connectivity index is 1.25. The van der Waals surface area contributed by atoms with Gasteiger partial charge in [0.25, 0.3) is 0 Å². The molecule has 0 spiro atoms. The van der Waals surface area contributed by atoms with Crippen LogP contribution in [0.1, 0.15) is 31.7 Å². The largest absolute Gasteiger partial charge is 0.326 e. The molecular formula is C26H33FN4O2. The van der Waals surface area contributed by atoms with Gasteiger partial charge in [-0.05, 0) is 87.3 Å². The van der Waals surface area contributed by atoms with E-state index in [0.717, 1.165) is 51.1 Å². The first-order valence-corrected chi connectivity index (χ1v) is 11.7. The molecule has 0 bridgehead atoms. The number of rotatable bonds is 6. The summed E-state index contributed by atoms with van der Waals surface area (Å²) in [6, 6.07) is 14.4. The molecule has 6 nitrogen and oxygen atoms in total. The summed E-state index contributed by atoms with van der Waals surface area (Å²) in [5.41, 5.74) is 2.72. The molecule has 2 unspecified atom stereocenters. The van der Waals surface area contributed by atoms with Gasteiger partial charge in [-0.2, -0.15) is 0 Å². The van der Waals surface area contributed by atoms with Gasteiger partial charge in [0.2, 0.25) is 11.8 Å². The Morgan fingerprint density at radius 1 is 0.970 bits per heavy atom. The zero-order valence-corrected chi connectivity index (χ0v) is 19.4. The number of halogens is 1. The zero-order chi connectivity index (χ0) is 23.4. The Labute approximate surface area is 195 Å². The lowest BCUT2D eigenvalue weighted by molar-refractivity contribution is -0.119. The third-order valence-electron chi connectivity index (χ3n) is 6.94. The van der Waals surface area contributed by atoms with Crippen molar-refractivity contribution in [2.75, 3.05) is 37.3 Å². The molecule has 2 atom stereocenters. The van der Waals surface area contributed by atoms with Gasteiger partial charge < -0.3 is 15.5 Å². The highest BCUT2D eigenvalue weighted by Crippen LogP contribution is 2.33. The van der Waals surface area contributed by atoms with Crippen LogP contribution in [0.5, 0.6) is 0 Å². The topological polar surface area (TPSA) is 64.7 Å². The van der Waals surface area contributed by atoms with E-state index >= 15 is 0 Å². The fraction of sp³-hybridized carbons (Fsp3) is 0.462. The van der Waals surface area contributed by atoms with E-state index in [1.807, 2.05) is 12.1 Å². The van der Waals surface area contributed by atoms with Gasteiger partial charge in [0.1, 0.15) is 5.82 Å². The molecule has 2 N–H and O–H groups in total. The van der Waals surface area contributed by atoms with E-state index in [0.29, 0.717) is 17.6 Å². The second-order valence-electron chi connectivity index (χ2n) is 9.43. The third-order valence-corrected chi connectivity index (χ3v) is 6.94. The van der Waals surface area contributed by atoms with Gasteiger partial charge in [-0.3, -0.25) is 14.5 Å². The minimum atomic E-state index is -0.304. The molecular weight excluding hydrogens is 419 g/mol. The van der Waals surface area contributed by atoms with E-state index < -0.39 is 0 Å². The average Bonchev–Trinajstić information content (AvgIpc) is 3.19. The number of piperidine rings is 1. The van der Waals surface area contributed by atoms with Crippen LogP contribution in [0.3, 0.4) is 0 Å². The van der Waals surface area contributed by atoms with Crippen LogP contribution in [0.4, 0.5) is 15.8 Å². The van der Waals surface area contributed by atoms with E-state index in [1.165, 1.54) is 24.6 Å². The maximum absolute atomic E-state index is 13.1. The second-order valence-corrected chi connectivity index (χ2v) is 9.43. The van der Waals surface area contributed by atoms with Crippen LogP contribution >= 0.6 is 0 Å². The summed E-state index contributed by atoms with van der Waals surface area (Å²) in [7, 11) is 2.12. The van der Waals surface area contributed by atoms with Crippen LogP contribution in [0.15, 0.2) is 48.5 Å². The monoisotopic (exact) mass is 452 g/mol. The molecule has 2 amide bonds. The number of nitrogens with zero attached hydrogens (tertiary/aromatic N) is 2. The molecule has 33 heavy (non-hydrogen) atoms. The Morgan fingerprint density at radius 2 is 1.58 bits per heavy atom. The van der Waals surface area contributed by atoms with Gasteiger partial charge in [0, 0.05) is 37.4 Å². The van der Waals surface area contributed by atoms with Gasteiger partial charge in [0.05, 0.1) is 5.92 Å². The Kier molecular flexibility index (Phi) is 7.40. The maximum atomic E-state index is 13.1. The number of anilines is 2. The molecule has 0 saturated carbocycles. The van der Waals surface area contributed by atoms with Crippen LogP contribution < -0.4 is 10.6 Å². The number of likely N-dealkylation sites (tertiary alicyclic amines) is 2. The minimum absolute atomic E-state index is 0.0242. The highest BCUT2D eigenvalue weighted by Gasteiger charge is 2.39. The molecule has 2 fully saturated rings. The Morgan fingerprint density at radius 3 is 2.21 bits per heavy atom. The number of hydrogen-bond donors (Lipinski definition) is 2. The summed E-state index contributed by atoms with van der Waals surface area (Å²) in [5, 5.41) is 5.74. The molecule has 2 aromatic carbocycles. The number of hydrogen-bond acceptors (Lipinski definition) is 4. The van der Waals surface area contributed by atoms with Crippen molar-refractivity contribution in [2.45, 2.75) is 38.8 Å². The van der Waals surface area contributed by atoms with Crippen molar-refractivity contribution >= 4 is 23.2 Å². The van der Waals surface area contributed by atoms with Crippen LogP contribution in [0, 0.1) is 17.7 Å². The summed E-state index contributed by atoms with van der Waals surface area (Å²) in [4.78, 5) is 28.7. The van der Waals surface area contributed by atoms with E-state index in [1.54, 1.807) is 12.1 Å². The van der Waals surface area contributed by atoms with Crippen molar-refractivity contribution in [3.63, 3.8) is 0 Å². The maximum Gasteiger partial charge on any atom is 0.228 e. The normalized spacial score (nSPS) is 22.3. The standard InChI is InChI=1S/C26H33FN4O2/c1-18(32)28-23-7-3-19(4-8-23)16-31-13-11-20(12-14-31)25-15-21(17-30(25)2)26(33)29-24-9-5-22(27)6-10-24/h3-10,20-21,25H,11-17H2,1-2H3,(H,28,32)(H,29,33). The zero-order valence-electron chi connectivity index (χ0n) is 19.4. The van der Waals surface area contributed by atoms with Gasteiger partial charge >= 0.3 is 0 Å². The fourth-order valence-electron chi connectivity index (χ4n) is 5.20. The van der Waals surface area contributed by atoms with Crippen LogP contribution in [-0.2, 0) is 16.1 Å². The second kappa shape index (κ2) is 10.4. The van der Waals surface area contributed by atoms with Gasteiger partial charge in [0.15, 0.2) is 0 Å². The summed E-state index contributed by atoms with van der Waals surface area (Å²) < 4.78 is 13.1. The molecule has 2 aromatic rings. The Bertz CT molecular complexity index is 955. The third kappa shape index (κ3) is 6.18. The quantitative estimate of drug-likeness (QED) is 0.697. The lowest BCUT2D eigenvalue weighted by Gasteiger charge is -2.37. The lowest BCUT2D eigenvalue weighted by Crippen LogP contribution is -2.41. The number of benzene rings is 2. The van der Waals surface area contributed by atoms with Crippen molar-refractivity contribution in [1.82, 2.24) is 9.80 Å². The molecule has 2 aliphatic heterocycles. The van der Waals surface area contributed by atoms with Crippen LogP contribution in [-0.4, -0.2) is 54.3 Å². The molecule has 0 aromatic heterocycles. The van der Waals surface area contributed by atoms with E-state index in [2.05, 4.69) is 39.6 Å². The van der Waals surface area contributed by atoms with Gasteiger partial charge in [-0.25, -0.2) is 4.39 Å². The first kappa shape index (κ1) is 23.4. The minimum Gasteiger partial charge on any atom is -0.326 e. The molecule has 2 heterocycles. The number of carbonyl (C=O) groups is 2. The van der Waals surface area contributed by atoms with E-state index in [4.69, 9.17) is 0 Å². The molecule has 176 valence electrons. The van der Waals surface area contributed by atoms with Crippen LogP contribution in [0.25, 0.3) is 0 Å². The molecule has 7 heteroatoms. The SMILES string of the molecule is CC(=O)Nc1ccc(CN2CCC(C3CC(C(=O)Nc4ccc(F)cc4)CN3C)CC2)cc1. The van der Waals surface area contributed by atoms with Crippen molar-refractivity contribution in [1.29, 1.82) is 0 Å². The van der Waals surface area contributed by atoms with Gasteiger partial charge in [-0.15, -0.1) is 0 Å². The number of carbonyl (C=O) groups excluding carboxylic acids is 2. The molecule has 0 radical (unpaired) electrons. The lowest BCUT2D eigenvalue weighted by atomic mass is 9.86. The summed E-state index contributed by atoms with van der Waals surface area (Å²) >= 11 is 0. The summed E-state index contributed by atoms with van der Waals surface area (Å²) in [6.45, 7) is 5.29. The molecule has 0 aliphatic carbocycles. The molecule has 2 saturated heterocycles. The number of nitrogens with one attached hydrogen (secondary N) is 2. The van der Waals surface area contributed by atoms with E-state index in [9.17, 15) is 14.0 Å². The van der Waals surface area contributed by atoms with Gasteiger partial charge in [-0.1, -0.05) is 12.1 Å². The van der Waals surface area contributed by atoms with Crippen LogP contribution in [0.2, 0.25) is 0 Å².